The fraction of sp³-hybridized carbons (Fsp3) is 0.417. The molecule has 0 aliphatic heterocycles. The SMILES string of the molecule is COCCN(CCO)S(=O)(=O)c1ccc(C(N)=S)cc1. The quantitative estimate of drug-likeness (QED) is 0.653. The number of aliphatic hydroxyl groups is 1. The first-order chi connectivity index (χ1) is 9.43. The summed E-state index contributed by atoms with van der Waals surface area (Å²) in [5.41, 5.74) is 6.07. The van der Waals surface area contributed by atoms with Crippen LogP contribution in [0.5, 0.6) is 0 Å². The van der Waals surface area contributed by atoms with Gasteiger partial charge < -0.3 is 15.6 Å². The van der Waals surface area contributed by atoms with Crippen LogP contribution in [0.2, 0.25) is 0 Å². The number of ether oxygens (including phenoxy) is 1. The van der Waals surface area contributed by atoms with Crippen molar-refractivity contribution in [1.82, 2.24) is 4.31 Å². The van der Waals surface area contributed by atoms with Gasteiger partial charge in [-0.05, 0) is 12.1 Å². The number of nitrogens with two attached hydrogens (primary N) is 1. The zero-order valence-electron chi connectivity index (χ0n) is 11.2. The lowest BCUT2D eigenvalue weighted by Crippen LogP contribution is -2.36. The predicted octanol–water partition coefficient (Wildman–Crippen LogP) is -0.0498. The molecular weight excluding hydrogens is 300 g/mol. The van der Waals surface area contributed by atoms with E-state index in [1.807, 2.05) is 0 Å². The van der Waals surface area contributed by atoms with Crippen LogP contribution in [0.3, 0.4) is 0 Å². The Morgan fingerprint density at radius 2 is 1.95 bits per heavy atom. The van der Waals surface area contributed by atoms with Crippen molar-refractivity contribution < 1.29 is 18.3 Å². The van der Waals surface area contributed by atoms with Gasteiger partial charge in [0.15, 0.2) is 0 Å². The maximum Gasteiger partial charge on any atom is 0.243 e. The molecule has 0 aromatic heterocycles. The number of hydrogen-bond acceptors (Lipinski definition) is 5. The van der Waals surface area contributed by atoms with Gasteiger partial charge in [-0.15, -0.1) is 0 Å². The second-order valence-corrected chi connectivity index (χ2v) is 6.39. The van der Waals surface area contributed by atoms with Gasteiger partial charge in [0.1, 0.15) is 4.99 Å². The van der Waals surface area contributed by atoms with Gasteiger partial charge in [-0.25, -0.2) is 8.42 Å². The van der Waals surface area contributed by atoms with Gasteiger partial charge in [0, 0.05) is 25.8 Å². The number of sulfonamides is 1. The normalized spacial score (nSPS) is 11.8. The summed E-state index contributed by atoms with van der Waals surface area (Å²) in [6.45, 7) is 0.192. The summed E-state index contributed by atoms with van der Waals surface area (Å²) in [5, 5.41) is 8.98. The van der Waals surface area contributed by atoms with E-state index in [-0.39, 0.29) is 36.2 Å². The molecule has 0 heterocycles. The number of rotatable bonds is 8. The van der Waals surface area contributed by atoms with Crippen LogP contribution in [0.4, 0.5) is 0 Å². The Morgan fingerprint density at radius 1 is 1.35 bits per heavy atom. The third-order valence-electron chi connectivity index (χ3n) is 2.67. The summed E-state index contributed by atoms with van der Waals surface area (Å²) in [6, 6.07) is 6.01. The standard InChI is InChI=1S/C12H18N2O4S2/c1-18-9-7-14(6-8-15)20(16,17)11-4-2-10(3-5-11)12(13)19/h2-5,15H,6-9H2,1H3,(H2,13,19). The fourth-order valence-corrected chi connectivity index (χ4v) is 3.15. The van der Waals surface area contributed by atoms with Crippen molar-refractivity contribution in [1.29, 1.82) is 0 Å². The molecule has 0 radical (unpaired) electrons. The van der Waals surface area contributed by atoms with Crippen molar-refractivity contribution in [2.75, 3.05) is 33.4 Å². The van der Waals surface area contributed by atoms with Crippen LogP contribution in [0.1, 0.15) is 5.56 Å². The highest BCUT2D eigenvalue weighted by molar-refractivity contribution is 7.89. The summed E-state index contributed by atoms with van der Waals surface area (Å²) in [4.78, 5) is 0.336. The first-order valence-electron chi connectivity index (χ1n) is 5.93. The molecule has 1 aromatic carbocycles. The first kappa shape index (κ1) is 17.0. The predicted molar refractivity (Wildman–Crippen MR) is 80.1 cm³/mol. The lowest BCUT2D eigenvalue weighted by atomic mass is 10.2. The van der Waals surface area contributed by atoms with Gasteiger partial charge in [0.05, 0.1) is 18.1 Å². The average molecular weight is 318 g/mol. The molecule has 1 aromatic rings. The van der Waals surface area contributed by atoms with E-state index in [1.165, 1.54) is 23.5 Å². The van der Waals surface area contributed by atoms with Crippen molar-refractivity contribution in [2.45, 2.75) is 4.90 Å². The summed E-state index contributed by atoms with van der Waals surface area (Å²) < 4.78 is 30.9. The van der Waals surface area contributed by atoms with Crippen LogP contribution >= 0.6 is 12.2 Å². The third-order valence-corrected chi connectivity index (χ3v) is 4.82. The van der Waals surface area contributed by atoms with Crippen molar-refractivity contribution >= 4 is 27.2 Å². The zero-order valence-corrected chi connectivity index (χ0v) is 12.8. The molecule has 3 N–H and O–H groups in total. The van der Waals surface area contributed by atoms with Crippen molar-refractivity contribution in [3.05, 3.63) is 29.8 Å². The monoisotopic (exact) mass is 318 g/mol. The Morgan fingerprint density at radius 3 is 2.40 bits per heavy atom. The molecule has 0 amide bonds. The van der Waals surface area contributed by atoms with E-state index < -0.39 is 10.0 Å². The van der Waals surface area contributed by atoms with E-state index >= 15 is 0 Å². The second kappa shape index (κ2) is 7.65. The van der Waals surface area contributed by atoms with E-state index in [0.717, 1.165) is 0 Å². The van der Waals surface area contributed by atoms with E-state index in [4.69, 9.17) is 27.8 Å². The van der Waals surface area contributed by atoms with E-state index in [2.05, 4.69) is 0 Å². The topological polar surface area (TPSA) is 92.9 Å². The number of hydrogen-bond donors (Lipinski definition) is 2. The van der Waals surface area contributed by atoms with Gasteiger partial charge >= 0.3 is 0 Å². The lowest BCUT2D eigenvalue weighted by Gasteiger charge is -2.21. The minimum absolute atomic E-state index is 0.0166. The maximum absolute atomic E-state index is 12.4. The zero-order chi connectivity index (χ0) is 15.2. The van der Waals surface area contributed by atoms with Gasteiger partial charge in [0.2, 0.25) is 10.0 Å². The van der Waals surface area contributed by atoms with E-state index in [9.17, 15) is 8.42 Å². The van der Waals surface area contributed by atoms with Gasteiger partial charge in [-0.1, -0.05) is 24.4 Å². The fourth-order valence-electron chi connectivity index (χ4n) is 1.60. The van der Waals surface area contributed by atoms with Crippen molar-refractivity contribution in [3.8, 4) is 0 Å². The molecule has 6 nitrogen and oxygen atoms in total. The molecule has 0 atom stereocenters. The maximum atomic E-state index is 12.4. The highest BCUT2D eigenvalue weighted by Crippen LogP contribution is 2.16. The Bertz CT molecular complexity index is 543. The molecule has 0 fully saturated rings. The third kappa shape index (κ3) is 4.22. The molecule has 0 unspecified atom stereocenters. The van der Waals surface area contributed by atoms with Crippen molar-refractivity contribution in [3.63, 3.8) is 0 Å². The smallest absolute Gasteiger partial charge is 0.243 e. The molecule has 0 aliphatic carbocycles. The number of thiocarbonyl (C=S) groups is 1. The minimum Gasteiger partial charge on any atom is -0.395 e. The van der Waals surface area contributed by atoms with Crippen LogP contribution < -0.4 is 5.73 Å². The molecule has 1 rings (SSSR count). The first-order valence-corrected chi connectivity index (χ1v) is 7.78. The van der Waals surface area contributed by atoms with E-state index in [1.54, 1.807) is 12.1 Å². The summed E-state index contributed by atoms with van der Waals surface area (Å²) >= 11 is 4.82. The number of nitrogens with zero attached hydrogens (tertiary/aromatic N) is 1. The Kier molecular flexibility index (Phi) is 6.50. The van der Waals surface area contributed by atoms with Crippen molar-refractivity contribution in [2.24, 2.45) is 5.73 Å². The highest BCUT2D eigenvalue weighted by Gasteiger charge is 2.23. The molecule has 20 heavy (non-hydrogen) atoms. The molecule has 8 heteroatoms. The Balaban J connectivity index is 3.02. The van der Waals surface area contributed by atoms with Gasteiger partial charge in [0.25, 0.3) is 0 Å². The average Bonchev–Trinajstić information content (AvgIpc) is 2.43. The molecule has 112 valence electrons. The minimum atomic E-state index is -3.67. The van der Waals surface area contributed by atoms with Gasteiger partial charge in [-0.2, -0.15) is 4.31 Å². The van der Waals surface area contributed by atoms with Gasteiger partial charge in [-0.3, -0.25) is 0 Å². The molecule has 0 saturated heterocycles. The van der Waals surface area contributed by atoms with Crippen LogP contribution in [-0.2, 0) is 14.8 Å². The lowest BCUT2D eigenvalue weighted by molar-refractivity contribution is 0.168. The molecule has 0 aliphatic rings. The van der Waals surface area contributed by atoms with Crippen LogP contribution in [0.15, 0.2) is 29.2 Å². The Labute approximate surface area is 124 Å². The van der Waals surface area contributed by atoms with E-state index in [0.29, 0.717) is 5.56 Å². The molecule has 0 bridgehead atoms. The van der Waals surface area contributed by atoms with Crippen LogP contribution in [0, 0.1) is 0 Å². The Hall–Kier alpha value is -1.06. The van der Waals surface area contributed by atoms with Crippen LogP contribution in [0.25, 0.3) is 0 Å². The second-order valence-electron chi connectivity index (χ2n) is 4.01. The summed E-state index contributed by atoms with van der Waals surface area (Å²) in [7, 11) is -2.18. The number of benzene rings is 1. The highest BCUT2D eigenvalue weighted by atomic mass is 32.2. The molecule has 0 spiro atoms. The van der Waals surface area contributed by atoms with Crippen LogP contribution in [-0.4, -0.2) is 56.2 Å². The summed E-state index contributed by atoms with van der Waals surface area (Å²) in [6.07, 6.45) is 0. The summed E-state index contributed by atoms with van der Waals surface area (Å²) in [5.74, 6) is 0. The number of methoxy groups -OCH3 is 1. The molecular formula is C12H18N2O4S2. The largest absolute Gasteiger partial charge is 0.395 e. The number of aliphatic hydroxyl groups excluding tert-OH is 1. The molecule has 0 saturated carbocycles.